The summed E-state index contributed by atoms with van der Waals surface area (Å²) in [7, 11) is 0. The molecule has 0 radical (unpaired) electrons. The standard InChI is InChI=1S/C16H16FNO3/c1-10-6-12(3-4-13(10)17)19-8-14(18)11-2-5-15-16(7-11)21-9-20-15/h2-7,14H,8-9,18H2,1H3. The van der Waals surface area contributed by atoms with Gasteiger partial charge in [0.1, 0.15) is 18.2 Å². The third-order valence-corrected chi connectivity index (χ3v) is 3.38. The summed E-state index contributed by atoms with van der Waals surface area (Å²) < 4.78 is 29.4. The Hall–Kier alpha value is -2.27. The van der Waals surface area contributed by atoms with Crippen molar-refractivity contribution < 1.29 is 18.6 Å². The maximum atomic E-state index is 13.2. The molecule has 0 bridgehead atoms. The molecule has 0 aromatic heterocycles. The zero-order valence-electron chi connectivity index (χ0n) is 11.6. The van der Waals surface area contributed by atoms with Crippen molar-refractivity contribution in [1.29, 1.82) is 0 Å². The van der Waals surface area contributed by atoms with Crippen molar-refractivity contribution in [2.24, 2.45) is 5.73 Å². The van der Waals surface area contributed by atoms with Gasteiger partial charge in [0.25, 0.3) is 0 Å². The van der Waals surface area contributed by atoms with Gasteiger partial charge in [-0.3, -0.25) is 0 Å². The highest BCUT2D eigenvalue weighted by Gasteiger charge is 2.16. The summed E-state index contributed by atoms with van der Waals surface area (Å²) >= 11 is 0. The highest BCUT2D eigenvalue weighted by Crippen LogP contribution is 2.33. The van der Waals surface area contributed by atoms with E-state index in [1.807, 2.05) is 18.2 Å². The molecule has 2 N–H and O–H groups in total. The van der Waals surface area contributed by atoms with Gasteiger partial charge < -0.3 is 19.9 Å². The first-order valence-corrected chi connectivity index (χ1v) is 6.67. The van der Waals surface area contributed by atoms with E-state index >= 15 is 0 Å². The van der Waals surface area contributed by atoms with Gasteiger partial charge in [-0.25, -0.2) is 4.39 Å². The highest BCUT2D eigenvalue weighted by atomic mass is 19.1. The van der Waals surface area contributed by atoms with E-state index in [1.165, 1.54) is 6.07 Å². The van der Waals surface area contributed by atoms with Gasteiger partial charge in [-0.15, -0.1) is 0 Å². The molecule has 1 aliphatic rings. The van der Waals surface area contributed by atoms with Gasteiger partial charge in [-0.1, -0.05) is 6.07 Å². The average Bonchev–Trinajstić information content (AvgIpc) is 2.95. The van der Waals surface area contributed by atoms with Crippen LogP contribution >= 0.6 is 0 Å². The quantitative estimate of drug-likeness (QED) is 0.940. The highest BCUT2D eigenvalue weighted by molar-refractivity contribution is 5.45. The van der Waals surface area contributed by atoms with Crippen LogP contribution in [-0.2, 0) is 0 Å². The molecule has 0 saturated carbocycles. The lowest BCUT2D eigenvalue weighted by atomic mass is 10.1. The van der Waals surface area contributed by atoms with Gasteiger partial charge in [-0.05, 0) is 48.4 Å². The molecule has 21 heavy (non-hydrogen) atoms. The second kappa shape index (κ2) is 5.61. The van der Waals surface area contributed by atoms with Crippen molar-refractivity contribution in [2.45, 2.75) is 13.0 Å². The fourth-order valence-electron chi connectivity index (χ4n) is 2.13. The first-order chi connectivity index (χ1) is 10.1. The number of hydrogen-bond acceptors (Lipinski definition) is 4. The molecular formula is C16H16FNO3. The Bertz CT molecular complexity index is 660. The zero-order valence-corrected chi connectivity index (χ0v) is 11.6. The number of hydrogen-bond donors (Lipinski definition) is 1. The van der Waals surface area contributed by atoms with Crippen LogP contribution in [0, 0.1) is 12.7 Å². The van der Waals surface area contributed by atoms with Crippen LogP contribution in [0.1, 0.15) is 17.2 Å². The topological polar surface area (TPSA) is 53.7 Å². The van der Waals surface area contributed by atoms with E-state index in [4.69, 9.17) is 19.9 Å². The normalized spacial score (nSPS) is 14.0. The second-order valence-electron chi connectivity index (χ2n) is 4.94. The molecule has 1 aliphatic heterocycles. The van der Waals surface area contributed by atoms with Crippen LogP contribution in [-0.4, -0.2) is 13.4 Å². The molecule has 2 aromatic carbocycles. The van der Waals surface area contributed by atoms with E-state index in [-0.39, 0.29) is 18.7 Å². The largest absolute Gasteiger partial charge is 0.492 e. The molecule has 5 heteroatoms. The Labute approximate surface area is 122 Å². The molecular weight excluding hydrogens is 273 g/mol. The number of benzene rings is 2. The SMILES string of the molecule is Cc1cc(OCC(N)c2ccc3c(c2)OCO3)ccc1F. The Kier molecular flexibility index (Phi) is 3.66. The summed E-state index contributed by atoms with van der Waals surface area (Å²) in [6.07, 6.45) is 0. The number of halogens is 1. The van der Waals surface area contributed by atoms with Gasteiger partial charge in [0.2, 0.25) is 6.79 Å². The molecule has 0 fully saturated rings. The van der Waals surface area contributed by atoms with E-state index in [0.717, 1.165) is 11.3 Å². The maximum Gasteiger partial charge on any atom is 0.231 e. The predicted molar refractivity (Wildman–Crippen MR) is 76.1 cm³/mol. The first-order valence-electron chi connectivity index (χ1n) is 6.67. The molecule has 0 spiro atoms. The van der Waals surface area contributed by atoms with Crippen LogP contribution in [0.3, 0.4) is 0 Å². The molecule has 2 aromatic rings. The average molecular weight is 289 g/mol. The van der Waals surface area contributed by atoms with Crippen LogP contribution in [0.25, 0.3) is 0 Å². The predicted octanol–water partition coefficient (Wildman–Crippen LogP) is 2.94. The van der Waals surface area contributed by atoms with Crippen LogP contribution in [0.15, 0.2) is 36.4 Å². The lowest BCUT2D eigenvalue weighted by Gasteiger charge is -2.14. The van der Waals surface area contributed by atoms with E-state index < -0.39 is 0 Å². The Morgan fingerprint density at radius 2 is 2.00 bits per heavy atom. The molecule has 1 atom stereocenters. The van der Waals surface area contributed by atoms with Crippen LogP contribution < -0.4 is 19.9 Å². The molecule has 0 saturated heterocycles. The fraction of sp³-hybridized carbons (Fsp3) is 0.250. The number of fused-ring (bicyclic) bond motifs is 1. The summed E-state index contributed by atoms with van der Waals surface area (Å²) in [5.74, 6) is 1.77. The Balaban J connectivity index is 1.66. The number of nitrogens with two attached hydrogens (primary N) is 1. The second-order valence-corrected chi connectivity index (χ2v) is 4.94. The molecule has 1 unspecified atom stereocenters. The lowest BCUT2D eigenvalue weighted by molar-refractivity contribution is 0.174. The number of rotatable bonds is 4. The van der Waals surface area contributed by atoms with Crippen molar-refractivity contribution in [1.82, 2.24) is 0 Å². The van der Waals surface area contributed by atoms with E-state index in [2.05, 4.69) is 0 Å². The molecule has 0 aliphatic carbocycles. The third kappa shape index (κ3) is 2.92. The smallest absolute Gasteiger partial charge is 0.231 e. The van der Waals surface area contributed by atoms with Crippen molar-refractivity contribution in [3.63, 3.8) is 0 Å². The van der Waals surface area contributed by atoms with Gasteiger partial charge in [0.05, 0.1) is 6.04 Å². The van der Waals surface area contributed by atoms with E-state index in [9.17, 15) is 4.39 Å². The summed E-state index contributed by atoms with van der Waals surface area (Å²) in [6.45, 7) is 2.23. The summed E-state index contributed by atoms with van der Waals surface area (Å²) in [5.41, 5.74) is 7.56. The van der Waals surface area contributed by atoms with E-state index in [1.54, 1.807) is 19.1 Å². The first kappa shape index (κ1) is 13.7. The fourth-order valence-corrected chi connectivity index (χ4v) is 2.13. The van der Waals surface area contributed by atoms with Gasteiger partial charge >= 0.3 is 0 Å². The Morgan fingerprint density at radius 3 is 2.81 bits per heavy atom. The van der Waals surface area contributed by atoms with Crippen LogP contribution in [0.5, 0.6) is 17.2 Å². The van der Waals surface area contributed by atoms with E-state index in [0.29, 0.717) is 23.7 Å². The summed E-state index contributed by atoms with van der Waals surface area (Å²) in [4.78, 5) is 0. The zero-order chi connectivity index (χ0) is 14.8. The maximum absolute atomic E-state index is 13.2. The minimum Gasteiger partial charge on any atom is -0.492 e. The third-order valence-electron chi connectivity index (χ3n) is 3.38. The molecule has 0 amide bonds. The minimum absolute atomic E-state index is 0.235. The number of aryl methyl sites for hydroxylation is 1. The van der Waals surface area contributed by atoms with Crippen LogP contribution in [0.4, 0.5) is 4.39 Å². The van der Waals surface area contributed by atoms with Crippen molar-refractivity contribution in [3.8, 4) is 17.2 Å². The molecule has 110 valence electrons. The summed E-state index contributed by atoms with van der Waals surface area (Å²) in [5, 5.41) is 0. The summed E-state index contributed by atoms with van der Waals surface area (Å²) in [6, 6.07) is 9.90. The number of ether oxygens (including phenoxy) is 3. The lowest BCUT2D eigenvalue weighted by Crippen LogP contribution is -2.19. The molecule has 1 heterocycles. The van der Waals surface area contributed by atoms with Gasteiger partial charge in [0, 0.05) is 0 Å². The van der Waals surface area contributed by atoms with Crippen LogP contribution in [0.2, 0.25) is 0 Å². The molecule has 3 rings (SSSR count). The van der Waals surface area contributed by atoms with Crippen molar-refractivity contribution >= 4 is 0 Å². The van der Waals surface area contributed by atoms with Crippen molar-refractivity contribution in [2.75, 3.05) is 13.4 Å². The molecule has 4 nitrogen and oxygen atoms in total. The van der Waals surface area contributed by atoms with Gasteiger partial charge in [-0.2, -0.15) is 0 Å². The monoisotopic (exact) mass is 289 g/mol. The Morgan fingerprint density at radius 1 is 1.19 bits per heavy atom. The van der Waals surface area contributed by atoms with Gasteiger partial charge in [0.15, 0.2) is 11.5 Å². The minimum atomic E-state index is -0.301. The van der Waals surface area contributed by atoms with Crippen molar-refractivity contribution in [3.05, 3.63) is 53.3 Å².